The van der Waals surface area contributed by atoms with Gasteiger partial charge in [0.1, 0.15) is 0 Å². The van der Waals surface area contributed by atoms with E-state index in [1.54, 1.807) is 0 Å². The normalized spacial score (nSPS) is 28.4. The number of benzene rings is 1. The van der Waals surface area contributed by atoms with Crippen LogP contribution in [0.1, 0.15) is 62.9 Å². The number of rotatable bonds is 8. The Kier molecular flexibility index (Phi) is 8.35. The standard InChI is InChI=1S/C22H31F3O4/c1-2-3-4-5-16-12-26-20(27-13-16)11-6-17-14-28-21(29-15-17)18-7-9-19(10-8-18)22(23,24)25/h7-10,16-17,20-21H,2-6,11-15H2,1H3. The summed E-state index contributed by atoms with van der Waals surface area (Å²) < 4.78 is 61.1. The van der Waals surface area contributed by atoms with Gasteiger partial charge in [-0.3, -0.25) is 0 Å². The van der Waals surface area contributed by atoms with E-state index >= 15 is 0 Å². The third kappa shape index (κ3) is 6.95. The minimum atomic E-state index is -4.34. The molecule has 0 radical (unpaired) electrons. The fourth-order valence-corrected chi connectivity index (χ4v) is 3.70. The largest absolute Gasteiger partial charge is 0.416 e. The van der Waals surface area contributed by atoms with Gasteiger partial charge in [-0.2, -0.15) is 13.2 Å². The van der Waals surface area contributed by atoms with Crippen LogP contribution in [0, 0.1) is 11.8 Å². The SMILES string of the molecule is CCCCCC1COC(CCC2COC(c3ccc(C(F)(F)F)cc3)OC2)OC1. The van der Waals surface area contributed by atoms with Crippen molar-refractivity contribution in [3.8, 4) is 0 Å². The van der Waals surface area contributed by atoms with E-state index in [9.17, 15) is 13.2 Å². The predicted molar refractivity (Wildman–Crippen MR) is 102 cm³/mol. The number of alkyl halides is 3. The zero-order chi connectivity index (χ0) is 20.7. The van der Waals surface area contributed by atoms with Gasteiger partial charge in [-0.1, -0.05) is 38.3 Å². The van der Waals surface area contributed by atoms with E-state index in [4.69, 9.17) is 18.9 Å². The first-order valence-electron chi connectivity index (χ1n) is 10.6. The lowest BCUT2D eigenvalue weighted by molar-refractivity contribution is -0.220. The van der Waals surface area contributed by atoms with E-state index in [1.165, 1.54) is 31.4 Å². The maximum absolute atomic E-state index is 12.7. The van der Waals surface area contributed by atoms with E-state index < -0.39 is 18.0 Å². The fraction of sp³-hybridized carbons (Fsp3) is 0.727. The van der Waals surface area contributed by atoms with Gasteiger partial charge in [0, 0.05) is 17.4 Å². The van der Waals surface area contributed by atoms with Crippen LogP contribution in [0.15, 0.2) is 24.3 Å². The maximum atomic E-state index is 12.7. The van der Waals surface area contributed by atoms with Crippen molar-refractivity contribution in [2.45, 2.75) is 64.2 Å². The molecular weight excluding hydrogens is 385 g/mol. The smallest absolute Gasteiger partial charge is 0.352 e. The maximum Gasteiger partial charge on any atom is 0.416 e. The summed E-state index contributed by atoms with van der Waals surface area (Å²) in [6.07, 6.45) is 1.43. The quantitative estimate of drug-likeness (QED) is 0.508. The molecule has 2 fully saturated rings. The van der Waals surface area contributed by atoms with Gasteiger partial charge in [-0.05, 0) is 31.4 Å². The highest BCUT2D eigenvalue weighted by molar-refractivity contribution is 5.25. The Morgan fingerprint density at radius 1 is 0.793 bits per heavy atom. The van der Waals surface area contributed by atoms with E-state index in [0.29, 0.717) is 24.7 Å². The lowest BCUT2D eigenvalue weighted by Gasteiger charge is -2.32. The van der Waals surface area contributed by atoms with Crippen LogP contribution in [0.2, 0.25) is 0 Å². The molecule has 1 aromatic carbocycles. The lowest BCUT2D eigenvalue weighted by Crippen LogP contribution is -2.33. The minimum Gasteiger partial charge on any atom is -0.352 e. The third-order valence-electron chi connectivity index (χ3n) is 5.54. The molecule has 0 N–H and O–H groups in total. The van der Waals surface area contributed by atoms with E-state index in [0.717, 1.165) is 44.6 Å². The molecule has 0 amide bonds. The molecule has 0 bridgehead atoms. The molecule has 2 saturated heterocycles. The first kappa shape index (κ1) is 22.5. The molecule has 2 heterocycles. The van der Waals surface area contributed by atoms with Crippen molar-refractivity contribution in [3.63, 3.8) is 0 Å². The first-order chi connectivity index (χ1) is 14.0. The molecule has 0 saturated carbocycles. The average molecular weight is 416 g/mol. The number of hydrogen-bond acceptors (Lipinski definition) is 4. The Morgan fingerprint density at radius 3 is 1.97 bits per heavy atom. The van der Waals surface area contributed by atoms with Gasteiger partial charge in [-0.15, -0.1) is 0 Å². The van der Waals surface area contributed by atoms with Gasteiger partial charge in [0.2, 0.25) is 0 Å². The Morgan fingerprint density at radius 2 is 1.38 bits per heavy atom. The molecule has 29 heavy (non-hydrogen) atoms. The summed E-state index contributed by atoms with van der Waals surface area (Å²) in [6.45, 7) is 4.76. The van der Waals surface area contributed by atoms with Crippen molar-refractivity contribution in [2.24, 2.45) is 11.8 Å². The van der Waals surface area contributed by atoms with Gasteiger partial charge >= 0.3 is 6.18 Å². The zero-order valence-electron chi connectivity index (χ0n) is 17.0. The Labute approximate surface area is 170 Å². The molecule has 0 atom stereocenters. The molecule has 0 aromatic heterocycles. The van der Waals surface area contributed by atoms with Gasteiger partial charge in [0.05, 0.1) is 32.0 Å². The van der Waals surface area contributed by atoms with Crippen molar-refractivity contribution < 1.29 is 32.1 Å². The molecule has 0 spiro atoms. The van der Waals surface area contributed by atoms with Crippen LogP contribution in [0.4, 0.5) is 13.2 Å². The van der Waals surface area contributed by atoms with Crippen LogP contribution < -0.4 is 0 Å². The van der Waals surface area contributed by atoms with E-state index in [1.807, 2.05) is 0 Å². The second kappa shape index (κ2) is 10.8. The average Bonchev–Trinajstić information content (AvgIpc) is 2.73. The van der Waals surface area contributed by atoms with Crippen molar-refractivity contribution >= 4 is 0 Å². The molecule has 4 nitrogen and oxygen atoms in total. The molecule has 7 heteroatoms. The van der Waals surface area contributed by atoms with Crippen LogP contribution in [0.3, 0.4) is 0 Å². The lowest BCUT2D eigenvalue weighted by atomic mass is 10.0. The molecule has 2 aliphatic rings. The van der Waals surface area contributed by atoms with E-state index in [2.05, 4.69) is 6.92 Å². The second-order valence-corrected chi connectivity index (χ2v) is 8.02. The third-order valence-corrected chi connectivity index (χ3v) is 5.54. The van der Waals surface area contributed by atoms with Crippen molar-refractivity contribution in [1.29, 1.82) is 0 Å². The van der Waals surface area contributed by atoms with Crippen molar-refractivity contribution in [3.05, 3.63) is 35.4 Å². The van der Waals surface area contributed by atoms with Gasteiger partial charge in [0.25, 0.3) is 0 Å². The highest BCUT2D eigenvalue weighted by Crippen LogP contribution is 2.32. The number of ether oxygens (including phenoxy) is 4. The minimum absolute atomic E-state index is 0.162. The Balaban J connectivity index is 1.33. The van der Waals surface area contributed by atoms with Crippen molar-refractivity contribution in [1.82, 2.24) is 0 Å². The highest BCUT2D eigenvalue weighted by Gasteiger charge is 2.31. The molecule has 1 aromatic rings. The highest BCUT2D eigenvalue weighted by atomic mass is 19.4. The number of unbranched alkanes of at least 4 members (excludes halogenated alkanes) is 2. The summed E-state index contributed by atoms with van der Waals surface area (Å²) >= 11 is 0. The topological polar surface area (TPSA) is 36.9 Å². The number of halogens is 3. The van der Waals surface area contributed by atoms with Crippen molar-refractivity contribution in [2.75, 3.05) is 26.4 Å². The summed E-state index contributed by atoms with van der Waals surface area (Å²) in [5.74, 6) is 0.735. The van der Waals surface area contributed by atoms with Crippen LogP contribution in [-0.4, -0.2) is 32.7 Å². The van der Waals surface area contributed by atoms with Crippen LogP contribution >= 0.6 is 0 Å². The first-order valence-corrected chi connectivity index (χ1v) is 10.6. The Hall–Kier alpha value is -1.15. The van der Waals surface area contributed by atoms with E-state index in [-0.39, 0.29) is 12.2 Å². The predicted octanol–water partition coefficient (Wildman–Crippen LogP) is 5.72. The summed E-state index contributed by atoms with van der Waals surface area (Å²) in [5.41, 5.74) is -0.0699. The van der Waals surface area contributed by atoms with Crippen LogP contribution in [0.5, 0.6) is 0 Å². The molecule has 164 valence electrons. The zero-order valence-corrected chi connectivity index (χ0v) is 17.0. The summed E-state index contributed by atoms with van der Waals surface area (Å²) in [5, 5.41) is 0. The van der Waals surface area contributed by atoms with Crippen LogP contribution in [-0.2, 0) is 25.1 Å². The van der Waals surface area contributed by atoms with Gasteiger partial charge < -0.3 is 18.9 Å². The Bertz CT molecular complexity index is 589. The molecule has 2 aliphatic heterocycles. The van der Waals surface area contributed by atoms with Gasteiger partial charge in [0.15, 0.2) is 12.6 Å². The molecule has 0 unspecified atom stereocenters. The van der Waals surface area contributed by atoms with Crippen LogP contribution in [0.25, 0.3) is 0 Å². The molecule has 0 aliphatic carbocycles. The molecular formula is C22H31F3O4. The summed E-state index contributed by atoms with van der Waals surface area (Å²) in [6, 6.07) is 4.94. The second-order valence-electron chi connectivity index (χ2n) is 8.02. The summed E-state index contributed by atoms with van der Waals surface area (Å²) in [7, 11) is 0. The summed E-state index contributed by atoms with van der Waals surface area (Å²) in [4.78, 5) is 0. The monoisotopic (exact) mass is 416 g/mol. The molecule has 3 rings (SSSR count). The number of hydrogen-bond donors (Lipinski definition) is 0. The van der Waals surface area contributed by atoms with Gasteiger partial charge in [-0.25, -0.2) is 0 Å². The fourth-order valence-electron chi connectivity index (χ4n) is 3.70.